The van der Waals surface area contributed by atoms with E-state index < -0.39 is 17.7 Å². The molecule has 0 radical (unpaired) electrons. The highest BCUT2D eigenvalue weighted by Gasteiger charge is 2.14. The monoisotopic (exact) mass is 433 g/mol. The lowest BCUT2D eigenvalue weighted by Crippen LogP contribution is -2.47. The Balaban J connectivity index is 1.46. The highest BCUT2D eigenvalue weighted by atomic mass is 79.9. The van der Waals surface area contributed by atoms with E-state index in [1.165, 1.54) is 6.07 Å². The van der Waals surface area contributed by atoms with Crippen molar-refractivity contribution in [2.75, 3.05) is 6.54 Å². The molecule has 0 bridgehead atoms. The number of nitrogens with one attached hydrogen (secondary N) is 3. The number of aromatic nitrogens is 2. The third-order valence-electron chi connectivity index (χ3n) is 3.75. The van der Waals surface area contributed by atoms with Gasteiger partial charge in [0.1, 0.15) is 5.82 Å². The number of fused-ring (bicyclic) bond motifs is 1. The summed E-state index contributed by atoms with van der Waals surface area (Å²) in [5, 5.41) is 2.38. The average Bonchev–Trinajstić information content (AvgIpc) is 3.22. The highest BCUT2D eigenvalue weighted by molar-refractivity contribution is 9.10. The van der Waals surface area contributed by atoms with E-state index in [2.05, 4.69) is 37.1 Å². The first-order chi connectivity index (χ1) is 12.9. The van der Waals surface area contributed by atoms with Gasteiger partial charge in [0.05, 0.1) is 24.0 Å². The van der Waals surface area contributed by atoms with Crippen LogP contribution < -0.4 is 16.2 Å². The normalized spacial score (nSPS) is 10.6. The van der Waals surface area contributed by atoms with Crippen LogP contribution in [0.2, 0.25) is 0 Å². The molecule has 3 rings (SSSR count). The van der Waals surface area contributed by atoms with Crippen LogP contribution in [0.3, 0.4) is 0 Å². The summed E-state index contributed by atoms with van der Waals surface area (Å²) in [5.41, 5.74) is 6.24. The number of carbonyl (C=O) groups is 3. The van der Waals surface area contributed by atoms with Crippen LogP contribution in [-0.2, 0) is 23.1 Å². The van der Waals surface area contributed by atoms with Gasteiger partial charge in [0, 0.05) is 7.05 Å². The number of furan rings is 1. The van der Waals surface area contributed by atoms with E-state index >= 15 is 0 Å². The maximum absolute atomic E-state index is 12.0. The van der Waals surface area contributed by atoms with Crippen LogP contribution in [0.15, 0.2) is 45.5 Å². The van der Waals surface area contributed by atoms with Gasteiger partial charge in [-0.2, -0.15) is 0 Å². The number of para-hydroxylation sites is 2. The van der Waals surface area contributed by atoms with Crippen molar-refractivity contribution >= 4 is 44.7 Å². The van der Waals surface area contributed by atoms with Crippen molar-refractivity contribution in [1.82, 2.24) is 25.7 Å². The molecular formula is C17H16BrN5O4. The zero-order chi connectivity index (χ0) is 19.4. The minimum Gasteiger partial charge on any atom is -0.444 e. The molecule has 0 saturated heterocycles. The predicted molar refractivity (Wildman–Crippen MR) is 99.4 cm³/mol. The second kappa shape index (κ2) is 8.04. The van der Waals surface area contributed by atoms with Gasteiger partial charge in [-0.3, -0.25) is 25.2 Å². The van der Waals surface area contributed by atoms with Gasteiger partial charge in [0.25, 0.3) is 11.8 Å². The molecule has 0 aliphatic carbocycles. The van der Waals surface area contributed by atoms with Crippen molar-refractivity contribution in [3.63, 3.8) is 0 Å². The number of nitrogens with zero attached hydrogens (tertiary/aromatic N) is 2. The number of hydrogen-bond donors (Lipinski definition) is 3. The van der Waals surface area contributed by atoms with Crippen LogP contribution in [0.4, 0.5) is 0 Å². The van der Waals surface area contributed by atoms with Gasteiger partial charge in [0.2, 0.25) is 5.91 Å². The highest BCUT2D eigenvalue weighted by Crippen LogP contribution is 2.14. The zero-order valence-electron chi connectivity index (χ0n) is 14.3. The largest absolute Gasteiger partial charge is 0.444 e. The lowest BCUT2D eigenvalue weighted by molar-refractivity contribution is -0.128. The molecule has 3 N–H and O–H groups in total. The standard InChI is InChI=1S/C17H16BrN5O4/c1-23-11-5-3-2-4-10(11)20-14(23)8-15(24)21-22-16(25)9-19-17(26)12-6-7-13(18)27-12/h2-7H,8-9H2,1H3,(H,19,26)(H,21,24)(H,22,25). The average molecular weight is 434 g/mol. The Bertz CT molecular complexity index is 1010. The molecule has 2 aromatic heterocycles. The van der Waals surface area contributed by atoms with Crippen molar-refractivity contribution in [2.45, 2.75) is 6.42 Å². The van der Waals surface area contributed by atoms with Crippen molar-refractivity contribution in [1.29, 1.82) is 0 Å². The molecule has 3 aromatic rings. The van der Waals surface area contributed by atoms with Gasteiger partial charge in [-0.15, -0.1) is 0 Å². The van der Waals surface area contributed by atoms with E-state index in [9.17, 15) is 14.4 Å². The van der Waals surface area contributed by atoms with Crippen LogP contribution in [0.25, 0.3) is 11.0 Å². The Morgan fingerprint density at radius 2 is 1.85 bits per heavy atom. The van der Waals surface area contributed by atoms with Gasteiger partial charge in [-0.1, -0.05) is 12.1 Å². The molecule has 0 spiro atoms. The van der Waals surface area contributed by atoms with Gasteiger partial charge >= 0.3 is 0 Å². The molecule has 10 heteroatoms. The molecule has 1 aromatic carbocycles. The Morgan fingerprint density at radius 3 is 2.56 bits per heavy atom. The number of aryl methyl sites for hydroxylation is 1. The van der Waals surface area contributed by atoms with Crippen LogP contribution in [0.5, 0.6) is 0 Å². The number of amides is 3. The fourth-order valence-corrected chi connectivity index (χ4v) is 2.72. The van der Waals surface area contributed by atoms with E-state index in [4.69, 9.17) is 4.42 Å². The molecule has 0 unspecified atom stereocenters. The Kier molecular flexibility index (Phi) is 5.55. The fraction of sp³-hybridized carbons (Fsp3) is 0.176. The number of hydrogen-bond acceptors (Lipinski definition) is 5. The number of imidazole rings is 1. The summed E-state index contributed by atoms with van der Waals surface area (Å²) in [6, 6.07) is 10.6. The predicted octanol–water partition coefficient (Wildman–Crippen LogP) is 1.05. The first kappa shape index (κ1) is 18.6. The minimum absolute atomic E-state index is 0.00174. The SMILES string of the molecule is Cn1c(CC(=O)NNC(=O)CNC(=O)c2ccc(Br)o2)nc2ccccc21. The third-order valence-corrected chi connectivity index (χ3v) is 4.17. The maximum Gasteiger partial charge on any atom is 0.287 e. The first-order valence-electron chi connectivity index (χ1n) is 7.95. The number of halogens is 1. The summed E-state index contributed by atoms with van der Waals surface area (Å²) in [6.07, 6.45) is -0.00174. The lowest BCUT2D eigenvalue weighted by atomic mass is 10.3. The van der Waals surface area contributed by atoms with E-state index in [1.54, 1.807) is 6.07 Å². The quantitative estimate of drug-likeness (QED) is 0.519. The first-order valence-corrected chi connectivity index (χ1v) is 8.75. The zero-order valence-corrected chi connectivity index (χ0v) is 15.9. The molecule has 2 heterocycles. The van der Waals surface area contributed by atoms with E-state index in [-0.39, 0.29) is 18.7 Å². The van der Waals surface area contributed by atoms with Crippen LogP contribution in [0, 0.1) is 0 Å². The molecule has 3 amide bonds. The smallest absolute Gasteiger partial charge is 0.287 e. The summed E-state index contributed by atoms with van der Waals surface area (Å²) in [5.74, 6) is -0.905. The minimum atomic E-state index is -0.577. The fourth-order valence-electron chi connectivity index (χ4n) is 2.41. The molecule has 0 atom stereocenters. The summed E-state index contributed by atoms with van der Waals surface area (Å²) in [4.78, 5) is 39.9. The number of carbonyl (C=O) groups excluding carboxylic acids is 3. The summed E-state index contributed by atoms with van der Waals surface area (Å²) < 4.78 is 7.30. The molecule has 0 fully saturated rings. The summed E-state index contributed by atoms with van der Waals surface area (Å²) in [7, 11) is 1.82. The van der Waals surface area contributed by atoms with Gasteiger partial charge in [0.15, 0.2) is 10.4 Å². The van der Waals surface area contributed by atoms with E-state index in [1.807, 2.05) is 35.9 Å². The van der Waals surface area contributed by atoms with Gasteiger partial charge in [-0.05, 0) is 40.2 Å². The summed E-state index contributed by atoms with van der Waals surface area (Å²) in [6.45, 7) is -0.316. The Morgan fingerprint density at radius 1 is 1.11 bits per heavy atom. The summed E-state index contributed by atoms with van der Waals surface area (Å²) >= 11 is 3.08. The molecule has 0 aliphatic heterocycles. The van der Waals surface area contributed by atoms with E-state index in [0.29, 0.717) is 10.5 Å². The van der Waals surface area contributed by atoms with Gasteiger partial charge < -0.3 is 14.3 Å². The molecule has 0 saturated carbocycles. The Labute approximate surface area is 162 Å². The van der Waals surface area contributed by atoms with Crippen molar-refractivity contribution in [3.8, 4) is 0 Å². The van der Waals surface area contributed by atoms with E-state index in [0.717, 1.165) is 11.0 Å². The number of benzene rings is 1. The van der Waals surface area contributed by atoms with Crippen LogP contribution >= 0.6 is 15.9 Å². The van der Waals surface area contributed by atoms with Gasteiger partial charge in [-0.25, -0.2) is 4.98 Å². The Hall–Kier alpha value is -3.14. The van der Waals surface area contributed by atoms with Crippen molar-refractivity contribution < 1.29 is 18.8 Å². The van der Waals surface area contributed by atoms with Crippen molar-refractivity contribution in [3.05, 3.63) is 52.7 Å². The van der Waals surface area contributed by atoms with Crippen LogP contribution in [0.1, 0.15) is 16.4 Å². The lowest BCUT2D eigenvalue weighted by Gasteiger charge is -2.08. The molecule has 9 nitrogen and oxygen atoms in total. The second-order valence-electron chi connectivity index (χ2n) is 5.64. The van der Waals surface area contributed by atoms with Crippen molar-refractivity contribution in [2.24, 2.45) is 7.05 Å². The topological polar surface area (TPSA) is 118 Å². The third kappa shape index (κ3) is 4.53. The second-order valence-corrected chi connectivity index (χ2v) is 6.42. The molecular weight excluding hydrogens is 418 g/mol. The maximum atomic E-state index is 12.0. The number of rotatable bonds is 5. The number of hydrazine groups is 1. The van der Waals surface area contributed by atoms with Crippen LogP contribution in [-0.4, -0.2) is 33.8 Å². The molecule has 140 valence electrons. The molecule has 27 heavy (non-hydrogen) atoms. The molecule has 0 aliphatic rings.